The molecule has 0 spiro atoms. The van der Waals surface area contributed by atoms with Crippen molar-refractivity contribution in [3.05, 3.63) is 63.6 Å². The van der Waals surface area contributed by atoms with Gasteiger partial charge in [0.1, 0.15) is 5.75 Å². The molecule has 2 rings (SSSR count). The Labute approximate surface area is 158 Å². The summed E-state index contributed by atoms with van der Waals surface area (Å²) in [6.07, 6.45) is 0.259. The molecule has 0 heterocycles. The minimum absolute atomic E-state index is 0.0489. The summed E-state index contributed by atoms with van der Waals surface area (Å²) in [4.78, 5) is 14.3. The minimum atomic E-state index is -0.0619. The summed E-state index contributed by atoms with van der Waals surface area (Å²) in [5.74, 6) is 0.736. The van der Waals surface area contributed by atoms with E-state index in [1.165, 1.54) is 0 Å². The molecular formula is C19H22Cl2N2O2. The Balaban J connectivity index is 2.00. The van der Waals surface area contributed by atoms with Crippen LogP contribution in [0.4, 0.5) is 0 Å². The Kier molecular flexibility index (Phi) is 7.12. The van der Waals surface area contributed by atoms with E-state index >= 15 is 0 Å². The average Bonchev–Trinajstić information content (AvgIpc) is 2.58. The Morgan fingerprint density at radius 1 is 1.16 bits per heavy atom. The van der Waals surface area contributed by atoms with Crippen LogP contribution in [-0.2, 0) is 11.2 Å². The third-order valence-corrected chi connectivity index (χ3v) is 4.68. The maximum Gasteiger partial charge on any atom is 0.224 e. The molecular weight excluding hydrogens is 359 g/mol. The van der Waals surface area contributed by atoms with E-state index in [1.54, 1.807) is 25.3 Å². The molecule has 1 N–H and O–H groups in total. The molecule has 0 bridgehead atoms. The van der Waals surface area contributed by atoms with E-state index in [-0.39, 0.29) is 18.4 Å². The number of amides is 1. The minimum Gasteiger partial charge on any atom is -0.497 e. The first-order valence-electron chi connectivity index (χ1n) is 7.91. The van der Waals surface area contributed by atoms with Crippen molar-refractivity contribution < 1.29 is 9.53 Å². The molecule has 25 heavy (non-hydrogen) atoms. The van der Waals surface area contributed by atoms with E-state index in [0.29, 0.717) is 16.6 Å². The SMILES string of the molecule is COc1cccc(C(CNC(=O)Cc2ccc(Cl)c(Cl)c2)N(C)C)c1. The van der Waals surface area contributed by atoms with E-state index in [4.69, 9.17) is 27.9 Å². The Bertz CT molecular complexity index is 735. The zero-order valence-electron chi connectivity index (χ0n) is 14.6. The molecule has 134 valence electrons. The first-order chi connectivity index (χ1) is 11.9. The number of nitrogens with one attached hydrogen (secondary N) is 1. The van der Waals surface area contributed by atoms with Gasteiger partial charge >= 0.3 is 0 Å². The number of halogens is 2. The third-order valence-electron chi connectivity index (χ3n) is 3.94. The summed E-state index contributed by atoms with van der Waals surface area (Å²) >= 11 is 11.9. The molecule has 0 fully saturated rings. The number of hydrogen-bond donors (Lipinski definition) is 1. The fourth-order valence-electron chi connectivity index (χ4n) is 2.56. The maximum absolute atomic E-state index is 12.3. The molecule has 0 aliphatic rings. The van der Waals surface area contributed by atoms with Crippen molar-refractivity contribution in [3.63, 3.8) is 0 Å². The van der Waals surface area contributed by atoms with Crippen LogP contribution in [-0.4, -0.2) is 38.6 Å². The lowest BCUT2D eigenvalue weighted by molar-refractivity contribution is -0.120. The quantitative estimate of drug-likeness (QED) is 0.789. The lowest BCUT2D eigenvalue weighted by Crippen LogP contribution is -2.35. The van der Waals surface area contributed by atoms with Crippen LogP contribution < -0.4 is 10.1 Å². The number of methoxy groups -OCH3 is 1. The highest BCUT2D eigenvalue weighted by atomic mass is 35.5. The van der Waals surface area contributed by atoms with Crippen molar-refractivity contribution in [2.24, 2.45) is 0 Å². The second kappa shape index (κ2) is 9.09. The van der Waals surface area contributed by atoms with Gasteiger partial charge in [0.15, 0.2) is 0 Å². The number of ether oxygens (including phenoxy) is 1. The normalized spacial score (nSPS) is 12.1. The lowest BCUT2D eigenvalue weighted by Gasteiger charge is -2.25. The van der Waals surface area contributed by atoms with Gasteiger partial charge in [-0.2, -0.15) is 0 Å². The number of rotatable bonds is 7. The lowest BCUT2D eigenvalue weighted by atomic mass is 10.1. The molecule has 0 saturated carbocycles. The van der Waals surface area contributed by atoms with Gasteiger partial charge in [0, 0.05) is 6.54 Å². The predicted molar refractivity (Wildman–Crippen MR) is 103 cm³/mol. The molecule has 1 amide bonds. The largest absolute Gasteiger partial charge is 0.497 e. The second-order valence-electron chi connectivity index (χ2n) is 5.99. The van der Waals surface area contributed by atoms with E-state index in [9.17, 15) is 4.79 Å². The van der Waals surface area contributed by atoms with Gasteiger partial charge < -0.3 is 15.0 Å². The predicted octanol–water partition coefficient (Wildman–Crippen LogP) is 3.96. The van der Waals surface area contributed by atoms with Gasteiger partial charge in [0.2, 0.25) is 5.91 Å². The van der Waals surface area contributed by atoms with Crippen LogP contribution in [0.15, 0.2) is 42.5 Å². The summed E-state index contributed by atoms with van der Waals surface area (Å²) in [6, 6.07) is 13.1. The van der Waals surface area contributed by atoms with Gasteiger partial charge in [0.25, 0.3) is 0 Å². The van der Waals surface area contributed by atoms with Crippen LogP contribution in [0.1, 0.15) is 17.2 Å². The van der Waals surface area contributed by atoms with Crippen LogP contribution in [0.25, 0.3) is 0 Å². The summed E-state index contributed by atoms with van der Waals surface area (Å²) in [5, 5.41) is 3.92. The van der Waals surface area contributed by atoms with Crippen molar-refractivity contribution in [1.29, 1.82) is 0 Å². The van der Waals surface area contributed by atoms with Gasteiger partial charge in [-0.3, -0.25) is 4.79 Å². The zero-order valence-corrected chi connectivity index (χ0v) is 16.1. The molecule has 0 saturated heterocycles. The maximum atomic E-state index is 12.3. The monoisotopic (exact) mass is 380 g/mol. The van der Waals surface area contributed by atoms with E-state index in [2.05, 4.69) is 10.2 Å². The van der Waals surface area contributed by atoms with Crippen molar-refractivity contribution in [3.8, 4) is 5.75 Å². The van der Waals surface area contributed by atoms with E-state index in [1.807, 2.05) is 38.4 Å². The Hall–Kier alpha value is -1.75. The summed E-state index contributed by atoms with van der Waals surface area (Å²) in [5.41, 5.74) is 1.91. The highest BCUT2D eigenvalue weighted by molar-refractivity contribution is 6.42. The molecule has 6 heteroatoms. The Morgan fingerprint density at radius 3 is 2.56 bits per heavy atom. The molecule has 1 unspecified atom stereocenters. The molecule has 0 aliphatic carbocycles. The van der Waals surface area contributed by atoms with E-state index < -0.39 is 0 Å². The van der Waals surface area contributed by atoms with Crippen LogP contribution >= 0.6 is 23.2 Å². The standard InChI is InChI=1S/C19H22Cl2N2O2/c1-23(2)18(14-5-4-6-15(11-14)25-3)12-22-19(24)10-13-7-8-16(20)17(21)9-13/h4-9,11,18H,10,12H2,1-3H3,(H,22,24). The van der Waals surface area contributed by atoms with Crippen molar-refractivity contribution >= 4 is 29.1 Å². The van der Waals surface area contributed by atoms with Crippen LogP contribution in [0, 0.1) is 0 Å². The van der Waals surface area contributed by atoms with Crippen molar-refractivity contribution in [1.82, 2.24) is 10.2 Å². The molecule has 4 nitrogen and oxygen atoms in total. The number of carbonyl (C=O) groups is 1. The molecule has 0 aliphatic heterocycles. The number of hydrogen-bond acceptors (Lipinski definition) is 3. The first-order valence-corrected chi connectivity index (χ1v) is 8.67. The Morgan fingerprint density at radius 2 is 1.92 bits per heavy atom. The molecule has 2 aromatic rings. The third kappa shape index (κ3) is 5.63. The van der Waals surface area contributed by atoms with Crippen LogP contribution in [0.5, 0.6) is 5.75 Å². The van der Waals surface area contributed by atoms with Crippen LogP contribution in [0.2, 0.25) is 10.0 Å². The van der Waals surface area contributed by atoms with Gasteiger partial charge in [-0.1, -0.05) is 41.4 Å². The molecule has 0 aromatic heterocycles. The van der Waals surface area contributed by atoms with Gasteiger partial charge in [-0.15, -0.1) is 0 Å². The van der Waals surface area contributed by atoms with E-state index in [0.717, 1.165) is 16.9 Å². The van der Waals surface area contributed by atoms with Crippen LogP contribution in [0.3, 0.4) is 0 Å². The topological polar surface area (TPSA) is 41.6 Å². The van der Waals surface area contributed by atoms with Gasteiger partial charge in [-0.05, 0) is 49.5 Å². The smallest absolute Gasteiger partial charge is 0.224 e. The van der Waals surface area contributed by atoms with Gasteiger partial charge in [0.05, 0.1) is 29.6 Å². The fourth-order valence-corrected chi connectivity index (χ4v) is 2.88. The van der Waals surface area contributed by atoms with Crippen molar-refractivity contribution in [2.45, 2.75) is 12.5 Å². The fraction of sp³-hybridized carbons (Fsp3) is 0.316. The summed E-state index contributed by atoms with van der Waals surface area (Å²) in [7, 11) is 5.60. The number of benzene rings is 2. The number of likely N-dealkylation sites (N-methyl/N-ethyl adjacent to an activating group) is 1. The second-order valence-corrected chi connectivity index (χ2v) is 6.80. The molecule has 0 radical (unpaired) electrons. The first kappa shape index (κ1) is 19.6. The number of nitrogens with zero attached hydrogens (tertiary/aromatic N) is 1. The van der Waals surface area contributed by atoms with Gasteiger partial charge in [-0.25, -0.2) is 0 Å². The molecule has 1 atom stereocenters. The summed E-state index contributed by atoms with van der Waals surface area (Å²) in [6.45, 7) is 0.500. The highest BCUT2D eigenvalue weighted by Crippen LogP contribution is 2.23. The molecule has 2 aromatic carbocycles. The van der Waals surface area contributed by atoms with Crippen molar-refractivity contribution in [2.75, 3.05) is 27.7 Å². The average molecular weight is 381 g/mol. The number of carbonyl (C=O) groups excluding carboxylic acids is 1. The highest BCUT2D eigenvalue weighted by Gasteiger charge is 2.16. The summed E-state index contributed by atoms with van der Waals surface area (Å²) < 4.78 is 5.28. The zero-order chi connectivity index (χ0) is 18.4.